The van der Waals surface area contributed by atoms with E-state index in [9.17, 15) is 38.9 Å². The molecular formula is C45H40FKN2O9S3. The van der Waals surface area contributed by atoms with E-state index < -0.39 is 54.7 Å². The number of carboxylic acid groups (broad SMARTS) is 1. The topological polar surface area (TPSA) is 167 Å². The van der Waals surface area contributed by atoms with Gasteiger partial charge in [-0.2, -0.15) is 0 Å². The molecule has 3 N–H and O–H groups in total. The Labute approximate surface area is 406 Å². The molecule has 11 nitrogen and oxygen atoms in total. The number of aliphatic hydroxyl groups is 2. The quantitative estimate of drug-likeness (QED) is 0.0269. The smallest absolute Gasteiger partial charge is 0.550 e. The molecule has 310 valence electrons. The standard InChI is InChI=1S/C45H41FN2O9S3.K/c1-26(2)43-42(41(28-6-4-3-5-7-28)44(29-8-12-30(46)13-9-29)48(43)21-20-32(49)22-33(50)23-37(51)52)45(55)47-31-14-18-35(19-15-31)57-39(54)25-38(53)56-34-16-10-27(11-17-34)36-24-40(58)60-59-36;/h3-19,24,26,32-33,49-50H,20-23,25H2,1-2H3,(H,47,55)(H,51,52);/q;+1/p-1/t32-,33-;/m1./s1. The molecule has 2 aromatic heterocycles. The van der Waals surface area contributed by atoms with Crippen molar-refractivity contribution in [1.82, 2.24) is 4.57 Å². The van der Waals surface area contributed by atoms with Crippen molar-refractivity contribution in [2.24, 2.45) is 0 Å². The van der Waals surface area contributed by atoms with Crippen molar-refractivity contribution in [1.29, 1.82) is 0 Å². The number of carboxylic acids is 1. The fourth-order valence-electron chi connectivity index (χ4n) is 6.79. The van der Waals surface area contributed by atoms with E-state index in [2.05, 4.69) is 5.32 Å². The van der Waals surface area contributed by atoms with E-state index in [-0.39, 0.29) is 88.2 Å². The molecule has 6 aromatic rings. The van der Waals surface area contributed by atoms with Crippen molar-refractivity contribution in [3.05, 3.63) is 130 Å². The van der Waals surface area contributed by atoms with E-state index in [1.54, 1.807) is 58.9 Å². The van der Waals surface area contributed by atoms with Gasteiger partial charge in [0.1, 0.15) is 27.6 Å². The van der Waals surface area contributed by atoms with Gasteiger partial charge in [-0.05, 0) is 114 Å². The van der Waals surface area contributed by atoms with Crippen LogP contribution in [0.25, 0.3) is 32.8 Å². The fourth-order valence-corrected chi connectivity index (χ4v) is 9.19. The molecule has 61 heavy (non-hydrogen) atoms. The Bertz CT molecular complexity index is 2520. The molecule has 16 heteroatoms. The molecule has 0 aliphatic carbocycles. The number of aliphatic carboxylic acids is 1. The van der Waals surface area contributed by atoms with Crippen LogP contribution in [0.15, 0.2) is 109 Å². The van der Waals surface area contributed by atoms with Crippen LogP contribution in [-0.4, -0.2) is 50.8 Å². The number of hydrogen-bond acceptors (Lipinski definition) is 12. The number of carbonyl (C=O) groups is 4. The van der Waals surface area contributed by atoms with Crippen molar-refractivity contribution in [2.45, 2.75) is 64.2 Å². The number of halogens is 1. The van der Waals surface area contributed by atoms with E-state index in [1.807, 2.05) is 54.8 Å². The zero-order chi connectivity index (χ0) is 42.9. The summed E-state index contributed by atoms with van der Waals surface area (Å²) in [4.78, 5) is 51.7. The molecule has 0 bridgehead atoms. The van der Waals surface area contributed by atoms with E-state index in [4.69, 9.17) is 21.7 Å². The Morgan fingerprint density at radius 2 is 1.39 bits per heavy atom. The molecule has 0 saturated carbocycles. The summed E-state index contributed by atoms with van der Waals surface area (Å²) in [6, 6.07) is 29.9. The van der Waals surface area contributed by atoms with Gasteiger partial charge in [-0.25, -0.2) is 4.39 Å². The maximum Gasteiger partial charge on any atom is 1.00 e. The molecule has 0 aliphatic rings. The average Bonchev–Trinajstić information content (AvgIpc) is 3.80. The van der Waals surface area contributed by atoms with E-state index in [0.29, 0.717) is 39.3 Å². The molecule has 2 atom stereocenters. The molecular weight excluding hydrogens is 867 g/mol. The maximum absolute atomic E-state index is 14.5. The van der Waals surface area contributed by atoms with Crippen molar-refractivity contribution >= 4 is 62.4 Å². The predicted octanol–water partition coefficient (Wildman–Crippen LogP) is 5.40. The number of benzene rings is 4. The van der Waals surface area contributed by atoms with E-state index in [0.717, 1.165) is 14.3 Å². The third-order valence-electron chi connectivity index (χ3n) is 9.36. The third kappa shape index (κ3) is 12.9. The number of rotatable bonds is 17. The van der Waals surface area contributed by atoms with Crippen molar-refractivity contribution in [2.75, 3.05) is 5.32 Å². The van der Waals surface area contributed by atoms with Crippen molar-refractivity contribution in [3.8, 4) is 44.3 Å². The number of hydrogen-bond donors (Lipinski definition) is 3. The Morgan fingerprint density at radius 1 is 0.803 bits per heavy atom. The molecule has 0 saturated heterocycles. The van der Waals surface area contributed by atoms with Gasteiger partial charge in [-0.3, -0.25) is 14.4 Å². The van der Waals surface area contributed by atoms with Gasteiger partial charge in [0, 0.05) is 40.8 Å². The van der Waals surface area contributed by atoms with E-state index >= 15 is 0 Å². The molecule has 4 aromatic carbocycles. The van der Waals surface area contributed by atoms with Crippen LogP contribution >= 0.6 is 32.9 Å². The molecule has 0 unspecified atom stereocenters. The monoisotopic (exact) mass is 906 g/mol. The SMILES string of the molecule is CC(C)c1c(C(=O)Nc2ccc(OC(=O)CC(=O)Oc3ccc(-c4cc(=S)ss4)cc3)cc2)c(-c2ccccc2)c(-c2ccc(F)cc2)n1CC[C@@H](O)C[C@@H](O)CC(=O)[O-].[K+]. The number of aromatic nitrogens is 1. The molecule has 0 aliphatic heterocycles. The van der Waals surface area contributed by atoms with Crippen molar-refractivity contribution in [3.63, 3.8) is 0 Å². The first kappa shape index (κ1) is 47.8. The number of anilines is 1. The summed E-state index contributed by atoms with van der Waals surface area (Å²) in [6.07, 6.45) is -3.76. The Balaban J connectivity index is 0.00000704. The third-order valence-corrected chi connectivity index (χ3v) is 12.3. The normalized spacial score (nSPS) is 12.0. The minimum atomic E-state index is -1.43. The predicted molar refractivity (Wildman–Crippen MR) is 229 cm³/mol. The first-order valence-electron chi connectivity index (χ1n) is 18.9. The number of nitrogens with one attached hydrogen (secondary N) is 1. The Kier molecular flexibility index (Phi) is 17.4. The second kappa shape index (κ2) is 22.2. The van der Waals surface area contributed by atoms with Gasteiger partial charge >= 0.3 is 63.3 Å². The number of nitrogens with zero attached hydrogens (tertiary/aromatic N) is 1. The zero-order valence-corrected chi connectivity index (χ0v) is 39.0. The van der Waals surface area contributed by atoms with Crippen LogP contribution in [0.3, 0.4) is 0 Å². The summed E-state index contributed by atoms with van der Waals surface area (Å²) >= 11 is 5.19. The first-order valence-corrected chi connectivity index (χ1v) is 21.5. The number of amides is 1. The number of esters is 2. The summed E-state index contributed by atoms with van der Waals surface area (Å²) in [7, 11) is 3.05. The van der Waals surface area contributed by atoms with Gasteiger partial charge in [0.2, 0.25) is 0 Å². The molecule has 0 fully saturated rings. The molecule has 1 amide bonds. The van der Waals surface area contributed by atoms with Crippen LogP contribution in [-0.2, 0) is 20.9 Å². The van der Waals surface area contributed by atoms with Crippen LogP contribution in [0.2, 0.25) is 0 Å². The Morgan fingerprint density at radius 3 is 1.95 bits per heavy atom. The maximum atomic E-state index is 14.5. The molecule has 0 spiro atoms. The van der Waals surface area contributed by atoms with Crippen molar-refractivity contribution < 1.29 is 99.7 Å². The molecule has 0 radical (unpaired) electrons. The summed E-state index contributed by atoms with van der Waals surface area (Å²) in [5.41, 5.74) is 4.73. The first-order chi connectivity index (χ1) is 28.7. The second-order valence-electron chi connectivity index (χ2n) is 14.2. The van der Waals surface area contributed by atoms with E-state index in [1.165, 1.54) is 34.6 Å². The van der Waals surface area contributed by atoms with Gasteiger partial charge in [-0.15, -0.1) is 0 Å². The van der Waals surface area contributed by atoms with Gasteiger partial charge in [-0.1, -0.05) is 77.1 Å². The number of aliphatic hydroxyl groups excluding tert-OH is 2. The minimum absolute atomic E-state index is 0. The number of carbonyl (C=O) groups excluding carboxylic acids is 4. The summed E-state index contributed by atoms with van der Waals surface area (Å²) in [6.45, 7) is 4.01. The van der Waals surface area contributed by atoms with Gasteiger partial charge < -0.3 is 39.5 Å². The summed E-state index contributed by atoms with van der Waals surface area (Å²) in [5, 5.41) is 35.0. The average molecular weight is 907 g/mol. The van der Waals surface area contributed by atoms with Crippen LogP contribution in [0.5, 0.6) is 11.5 Å². The van der Waals surface area contributed by atoms with Gasteiger partial charge in [0.25, 0.3) is 5.91 Å². The van der Waals surface area contributed by atoms with Gasteiger partial charge in [0.05, 0.1) is 23.5 Å². The fraction of sp³-hybridized carbons (Fsp3) is 0.222. The molecule has 2 heterocycles. The largest absolute Gasteiger partial charge is 1.00 e. The number of ether oxygens (including phenoxy) is 2. The molecule has 6 rings (SSSR count). The zero-order valence-electron chi connectivity index (χ0n) is 33.5. The summed E-state index contributed by atoms with van der Waals surface area (Å²) in [5.74, 6) is -3.83. The second-order valence-corrected chi connectivity index (χ2v) is 17.1. The van der Waals surface area contributed by atoms with Crippen LogP contribution < -0.4 is 71.3 Å². The summed E-state index contributed by atoms with van der Waals surface area (Å²) < 4.78 is 27.6. The van der Waals surface area contributed by atoms with Crippen LogP contribution in [0.4, 0.5) is 10.1 Å². The van der Waals surface area contributed by atoms with Crippen LogP contribution in [0.1, 0.15) is 61.5 Å². The Hall–Kier alpha value is -4.20. The minimum Gasteiger partial charge on any atom is -0.550 e. The van der Waals surface area contributed by atoms with Crippen LogP contribution in [0, 0.1) is 9.64 Å². The van der Waals surface area contributed by atoms with Gasteiger partial charge in [0.15, 0.2) is 0 Å².